The maximum absolute atomic E-state index is 12.7. The first-order valence-electron chi connectivity index (χ1n) is 9.40. The first-order chi connectivity index (χ1) is 14.1. The highest BCUT2D eigenvalue weighted by molar-refractivity contribution is 6.03. The van der Waals surface area contributed by atoms with E-state index in [1.54, 1.807) is 25.3 Å². The van der Waals surface area contributed by atoms with E-state index in [4.69, 9.17) is 9.47 Å². The molecule has 0 aliphatic carbocycles. The Hall–Kier alpha value is -3.55. The lowest BCUT2D eigenvalue weighted by Crippen LogP contribution is -2.31. The number of nitrogens with zero attached hydrogens (tertiary/aromatic N) is 3. The number of hydrogen-bond donors (Lipinski definition) is 2. The molecule has 8 nitrogen and oxygen atoms in total. The van der Waals surface area contributed by atoms with Gasteiger partial charge in [-0.3, -0.25) is 10.1 Å². The molecular weight excluding hydrogens is 370 g/mol. The van der Waals surface area contributed by atoms with Gasteiger partial charge in [0.05, 0.1) is 20.3 Å². The number of carbonyl (C=O) groups excluding carboxylic acids is 1. The second-order valence-corrected chi connectivity index (χ2v) is 6.94. The van der Waals surface area contributed by atoms with Crippen molar-refractivity contribution in [3.8, 4) is 11.5 Å². The van der Waals surface area contributed by atoms with Crippen molar-refractivity contribution in [1.82, 2.24) is 14.8 Å². The minimum atomic E-state index is -0.321. The van der Waals surface area contributed by atoms with E-state index in [0.717, 1.165) is 12.0 Å². The topological polar surface area (TPSA) is 90.3 Å². The van der Waals surface area contributed by atoms with E-state index < -0.39 is 0 Å². The number of fused-ring (bicyclic) bond motifs is 1. The number of anilines is 2. The normalized spacial score (nSPS) is 17.8. The van der Waals surface area contributed by atoms with Gasteiger partial charge in [-0.15, -0.1) is 5.10 Å². The SMILES string of the molecule is COc1ccc(C(=O)Nc2nc3n(n2)C(c2ccccc2)CC(C)N3)cc1OC. The van der Waals surface area contributed by atoms with Crippen molar-refractivity contribution >= 4 is 17.8 Å². The second kappa shape index (κ2) is 7.83. The molecule has 0 saturated carbocycles. The van der Waals surface area contributed by atoms with Crippen LogP contribution in [0.15, 0.2) is 48.5 Å². The van der Waals surface area contributed by atoms with Gasteiger partial charge in [-0.2, -0.15) is 4.98 Å². The van der Waals surface area contributed by atoms with Crippen LogP contribution in [0.2, 0.25) is 0 Å². The number of benzene rings is 2. The molecule has 1 aliphatic rings. The number of amides is 1. The van der Waals surface area contributed by atoms with E-state index in [0.29, 0.717) is 23.0 Å². The summed E-state index contributed by atoms with van der Waals surface area (Å²) in [6.07, 6.45) is 0.878. The molecule has 0 bridgehead atoms. The van der Waals surface area contributed by atoms with Crippen LogP contribution in [0, 0.1) is 0 Å². The van der Waals surface area contributed by atoms with Crippen molar-refractivity contribution < 1.29 is 14.3 Å². The summed E-state index contributed by atoms with van der Waals surface area (Å²) in [6, 6.07) is 15.5. The van der Waals surface area contributed by atoms with E-state index in [-0.39, 0.29) is 23.9 Å². The lowest BCUT2D eigenvalue weighted by atomic mass is 9.99. The first kappa shape index (κ1) is 18.8. The highest BCUT2D eigenvalue weighted by Crippen LogP contribution is 2.32. The first-order valence-corrected chi connectivity index (χ1v) is 9.40. The monoisotopic (exact) mass is 393 g/mol. The quantitative estimate of drug-likeness (QED) is 0.691. The van der Waals surface area contributed by atoms with Gasteiger partial charge in [0.1, 0.15) is 0 Å². The van der Waals surface area contributed by atoms with E-state index in [1.165, 1.54) is 7.11 Å². The fourth-order valence-electron chi connectivity index (χ4n) is 3.51. The predicted octanol–water partition coefficient (Wildman–Crippen LogP) is 3.34. The van der Waals surface area contributed by atoms with Gasteiger partial charge < -0.3 is 14.8 Å². The van der Waals surface area contributed by atoms with Gasteiger partial charge in [-0.25, -0.2) is 4.68 Å². The average Bonchev–Trinajstić information content (AvgIpc) is 3.15. The fourth-order valence-corrected chi connectivity index (χ4v) is 3.51. The van der Waals surface area contributed by atoms with Gasteiger partial charge >= 0.3 is 0 Å². The van der Waals surface area contributed by atoms with Gasteiger partial charge in [0.25, 0.3) is 11.9 Å². The largest absolute Gasteiger partial charge is 0.493 e. The van der Waals surface area contributed by atoms with Gasteiger partial charge in [0.15, 0.2) is 11.5 Å². The van der Waals surface area contributed by atoms with Gasteiger partial charge in [-0.1, -0.05) is 30.3 Å². The van der Waals surface area contributed by atoms with Gasteiger partial charge in [-0.05, 0) is 37.1 Å². The Labute approximate surface area is 168 Å². The predicted molar refractivity (Wildman–Crippen MR) is 110 cm³/mol. The molecule has 29 heavy (non-hydrogen) atoms. The zero-order valence-electron chi connectivity index (χ0n) is 16.5. The Bertz CT molecular complexity index is 1020. The van der Waals surface area contributed by atoms with Crippen LogP contribution in [-0.4, -0.2) is 40.9 Å². The van der Waals surface area contributed by atoms with Crippen LogP contribution in [0.3, 0.4) is 0 Å². The summed E-state index contributed by atoms with van der Waals surface area (Å²) in [5.74, 6) is 1.61. The third-order valence-electron chi connectivity index (χ3n) is 4.93. The zero-order valence-corrected chi connectivity index (χ0v) is 16.5. The van der Waals surface area contributed by atoms with E-state index >= 15 is 0 Å². The number of carbonyl (C=O) groups is 1. The number of ether oxygens (including phenoxy) is 2. The lowest BCUT2D eigenvalue weighted by molar-refractivity contribution is 0.102. The van der Waals surface area contributed by atoms with Crippen molar-refractivity contribution in [2.45, 2.75) is 25.4 Å². The van der Waals surface area contributed by atoms with Crippen LogP contribution >= 0.6 is 0 Å². The summed E-state index contributed by atoms with van der Waals surface area (Å²) in [4.78, 5) is 17.2. The Kier molecular flexibility index (Phi) is 5.07. The van der Waals surface area contributed by atoms with Crippen LogP contribution in [0.5, 0.6) is 11.5 Å². The van der Waals surface area contributed by atoms with Crippen LogP contribution < -0.4 is 20.1 Å². The Balaban J connectivity index is 1.59. The van der Waals surface area contributed by atoms with E-state index in [1.807, 2.05) is 22.9 Å². The summed E-state index contributed by atoms with van der Waals surface area (Å²) < 4.78 is 12.3. The Morgan fingerprint density at radius 2 is 1.90 bits per heavy atom. The van der Waals surface area contributed by atoms with Crippen molar-refractivity contribution in [3.05, 3.63) is 59.7 Å². The summed E-state index contributed by atoms with van der Waals surface area (Å²) in [5.41, 5.74) is 1.58. The molecule has 8 heteroatoms. The van der Waals surface area contributed by atoms with Gasteiger partial charge in [0.2, 0.25) is 5.95 Å². The third-order valence-corrected chi connectivity index (χ3v) is 4.93. The molecule has 4 rings (SSSR count). The molecule has 0 fully saturated rings. The van der Waals surface area contributed by atoms with Crippen molar-refractivity contribution in [2.75, 3.05) is 24.9 Å². The molecule has 1 aromatic heterocycles. The molecule has 2 atom stereocenters. The van der Waals surface area contributed by atoms with Crippen LogP contribution in [-0.2, 0) is 0 Å². The molecule has 3 aromatic rings. The molecule has 1 aliphatic heterocycles. The summed E-state index contributed by atoms with van der Waals surface area (Å²) >= 11 is 0. The minimum Gasteiger partial charge on any atom is -0.493 e. The maximum atomic E-state index is 12.7. The van der Waals surface area contributed by atoms with Crippen LogP contribution in [0.1, 0.15) is 35.3 Å². The highest BCUT2D eigenvalue weighted by atomic mass is 16.5. The third kappa shape index (κ3) is 3.73. The smallest absolute Gasteiger partial charge is 0.258 e. The van der Waals surface area contributed by atoms with Crippen LogP contribution in [0.25, 0.3) is 0 Å². The molecule has 2 heterocycles. The summed E-state index contributed by atoms with van der Waals surface area (Å²) in [5, 5.41) is 10.6. The standard InChI is InChI=1S/C21H23N5O3/c1-13-11-16(14-7-5-4-6-8-14)26-21(22-13)24-20(25-26)23-19(27)15-9-10-17(28-2)18(12-15)29-3/h4-10,12-13,16H,11H2,1-3H3,(H2,22,23,24,25,27). The number of hydrogen-bond acceptors (Lipinski definition) is 6. The fraction of sp³-hybridized carbons (Fsp3) is 0.286. The lowest BCUT2D eigenvalue weighted by Gasteiger charge is -2.29. The van der Waals surface area contributed by atoms with E-state index in [9.17, 15) is 4.79 Å². The number of methoxy groups -OCH3 is 2. The van der Waals surface area contributed by atoms with Gasteiger partial charge in [0, 0.05) is 11.6 Å². The number of aromatic nitrogens is 3. The number of nitrogens with one attached hydrogen (secondary N) is 2. The molecular formula is C21H23N5O3. The average molecular weight is 393 g/mol. The molecule has 0 radical (unpaired) electrons. The van der Waals surface area contributed by atoms with Crippen LogP contribution in [0.4, 0.5) is 11.9 Å². The molecule has 0 saturated heterocycles. The molecule has 1 amide bonds. The molecule has 2 aromatic carbocycles. The number of rotatable bonds is 5. The highest BCUT2D eigenvalue weighted by Gasteiger charge is 2.28. The zero-order chi connectivity index (χ0) is 20.4. The Morgan fingerprint density at radius 1 is 1.14 bits per heavy atom. The summed E-state index contributed by atoms with van der Waals surface area (Å²) in [6.45, 7) is 2.11. The molecule has 150 valence electrons. The summed E-state index contributed by atoms with van der Waals surface area (Å²) in [7, 11) is 3.08. The van der Waals surface area contributed by atoms with Crippen molar-refractivity contribution in [2.24, 2.45) is 0 Å². The van der Waals surface area contributed by atoms with Crippen molar-refractivity contribution in [3.63, 3.8) is 0 Å². The molecule has 2 unspecified atom stereocenters. The molecule has 0 spiro atoms. The Morgan fingerprint density at radius 3 is 2.62 bits per heavy atom. The van der Waals surface area contributed by atoms with Crippen molar-refractivity contribution in [1.29, 1.82) is 0 Å². The molecule has 2 N–H and O–H groups in total. The second-order valence-electron chi connectivity index (χ2n) is 6.94. The maximum Gasteiger partial charge on any atom is 0.258 e. The minimum absolute atomic E-state index is 0.0571. The van der Waals surface area contributed by atoms with E-state index in [2.05, 4.69) is 39.8 Å².